The highest BCUT2D eigenvalue weighted by Gasteiger charge is 2.28. The highest BCUT2D eigenvalue weighted by Crippen LogP contribution is 2.23. The molecule has 1 saturated heterocycles. The van der Waals surface area contributed by atoms with Gasteiger partial charge in [-0.1, -0.05) is 0 Å². The van der Waals surface area contributed by atoms with E-state index in [0.717, 1.165) is 6.42 Å². The normalized spacial score (nSPS) is 16.1. The maximum atomic E-state index is 12.6. The van der Waals surface area contributed by atoms with Crippen molar-refractivity contribution in [2.24, 2.45) is 0 Å². The zero-order valence-electron chi connectivity index (χ0n) is 14.7. The van der Waals surface area contributed by atoms with E-state index in [0.29, 0.717) is 35.2 Å². The van der Waals surface area contributed by atoms with Crippen molar-refractivity contribution in [3.8, 4) is 11.8 Å². The summed E-state index contributed by atoms with van der Waals surface area (Å²) in [4.78, 5) is 30.6. The number of ether oxygens (including phenoxy) is 1. The van der Waals surface area contributed by atoms with Gasteiger partial charge in [0, 0.05) is 18.1 Å². The molecule has 8 heteroatoms. The van der Waals surface area contributed by atoms with E-state index in [1.54, 1.807) is 24.3 Å². The van der Waals surface area contributed by atoms with Crippen LogP contribution in [0.25, 0.3) is 10.9 Å². The van der Waals surface area contributed by atoms with Gasteiger partial charge < -0.3 is 15.0 Å². The number of hydrogen-bond donors (Lipinski definition) is 1. The Hall–Kier alpha value is -3.21. The molecule has 140 valence electrons. The monoisotopic (exact) mass is 370 g/mol. The fraction of sp³-hybridized carbons (Fsp3) is 0.368. The Balaban J connectivity index is 1.73. The number of likely N-dealkylation sites (tertiary alicyclic amines) is 1. The highest BCUT2D eigenvalue weighted by molar-refractivity contribution is 6.07. The molecule has 1 N–H and O–H groups in total. The molecule has 7 nitrogen and oxygen atoms in total. The summed E-state index contributed by atoms with van der Waals surface area (Å²) in [7, 11) is 0. The molecule has 1 aliphatic heterocycles. The average molecular weight is 370 g/mol. The van der Waals surface area contributed by atoms with Crippen molar-refractivity contribution in [1.29, 1.82) is 5.26 Å². The van der Waals surface area contributed by atoms with Gasteiger partial charge in [0.15, 0.2) is 0 Å². The van der Waals surface area contributed by atoms with Gasteiger partial charge in [-0.2, -0.15) is 5.26 Å². The Morgan fingerprint density at radius 1 is 1.41 bits per heavy atom. The van der Waals surface area contributed by atoms with Gasteiger partial charge in [0.05, 0.1) is 23.7 Å². The Bertz CT molecular complexity index is 896. The van der Waals surface area contributed by atoms with Crippen molar-refractivity contribution in [2.45, 2.75) is 18.9 Å². The summed E-state index contributed by atoms with van der Waals surface area (Å²) in [6, 6.07) is 8.20. The second-order valence-electron chi connectivity index (χ2n) is 6.13. The van der Waals surface area contributed by atoms with Crippen molar-refractivity contribution in [1.82, 2.24) is 15.2 Å². The SMILES string of the molecule is N#CC1CCCN1C(=O)CNC(=O)c1ccnc2ccc(OCCF)cc12. The molecular weight excluding hydrogens is 351 g/mol. The van der Waals surface area contributed by atoms with Gasteiger partial charge in [0.25, 0.3) is 5.91 Å². The lowest BCUT2D eigenvalue weighted by Crippen LogP contribution is -2.42. The largest absolute Gasteiger partial charge is 0.491 e. The third kappa shape index (κ3) is 4.14. The van der Waals surface area contributed by atoms with Crippen molar-refractivity contribution in [2.75, 3.05) is 26.4 Å². The van der Waals surface area contributed by atoms with E-state index in [4.69, 9.17) is 10.00 Å². The van der Waals surface area contributed by atoms with Crippen molar-refractivity contribution >= 4 is 22.7 Å². The molecule has 2 aromatic rings. The fourth-order valence-electron chi connectivity index (χ4n) is 3.12. The molecule has 1 fully saturated rings. The third-order valence-corrected chi connectivity index (χ3v) is 4.43. The molecule has 0 bridgehead atoms. The number of fused-ring (bicyclic) bond motifs is 1. The van der Waals surface area contributed by atoms with Gasteiger partial charge in [0.2, 0.25) is 5.91 Å². The Morgan fingerprint density at radius 2 is 2.26 bits per heavy atom. The molecule has 0 saturated carbocycles. The lowest BCUT2D eigenvalue weighted by molar-refractivity contribution is -0.130. The van der Waals surface area contributed by atoms with E-state index in [1.165, 1.54) is 11.1 Å². The molecular formula is C19H19FN4O3. The van der Waals surface area contributed by atoms with Gasteiger partial charge >= 0.3 is 0 Å². The predicted molar refractivity (Wildman–Crippen MR) is 95.9 cm³/mol. The fourth-order valence-corrected chi connectivity index (χ4v) is 3.12. The Labute approximate surface area is 155 Å². The van der Waals surface area contributed by atoms with Crippen LogP contribution in [0.2, 0.25) is 0 Å². The summed E-state index contributed by atoms with van der Waals surface area (Å²) < 4.78 is 17.6. The van der Waals surface area contributed by atoms with Crippen LogP contribution in [0.1, 0.15) is 23.2 Å². The number of rotatable bonds is 6. The molecule has 2 heterocycles. The maximum Gasteiger partial charge on any atom is 0.252 e. The number of nitriles is 1. The highest BCUT2D eigenvalue weighted by atomic mass is 19.1. The zero-order valence-corrected chi connectivity index (χ0v) is 14.7. The third-order valence-electron chi connectivity index (χ3n) is 4.43. The van der Waals surface area contributed by atoms with Crippen LogP contribution in [-0.2, 0) is 4.79 Å². The summed E-state index contributed by atoms with van der Waals surface area (Å²) in [5.41, 5.74) is 0.933. The first-order valence-electron chi connectivity index (χ1n) is 8.69. The lowest BCUT2D eigenvalue weighted by atomic mass is 10.1. The number of alkyl halides is 1. The summed E-state index contributed by atoms with van der Waals surface area (Å²) in [5, 5.41) is 12.2. The number of carbonyl (C=O) groups is 2. The van der Waals surface area contributed by atoms with Crippen LogP contribution >= 0.6 is 0 Å². The van der Waals surface area contributed by atoms with E-state index in [9.17, 15) is 14.0 Å². The average Bonchev–Trinajstić information content (AvgIpc) is 3.18. The Kier molecular flexibility index (Phi) is 5.81. The van der Waals surface area contributed by atoms with Gasteiger partial charge in [-0.25, -0.2) is 4.39 Å². The second kappa shape index (κ2) is 8.45. The van der Waals surface area contributed by atoms with Crippen molar-refractivity contribution < 1.29 is 18.7 Å². The van der Waals surface area contributed by atoms with E-state index in [1.807, 2.05) is 0 Å². The molecule has 1 aromatic heterocycles. The summed E-state index contributed by atoms with van der Waals surface area (Å²) in [5.74, 6) is -0.268. The number of nitrogens with one attached hydrogen (secondary N) is 1. The minimum atomic E-state index is -0.610. The van der Waals surface area contributed by atoms with Gasteiger partial charge in [-0.3, -0.25) is 14.6 Å². The first kappa shape index (κ1) is 18.6. The molecule has 1 unspecified atom stereocenters. The van der Waals surface area contributed by atoms with Gasteiger partial charge in [-0.05, 0) is 37.1 Å². The first-order valence-corrected chi connectivity index (χ1v) is 8.69. The topological polar surface area (TPSA) is 95.3 Å². The molecule has 0 spiro atoms. The molecule has 1 atom stereocenters. The van der Waals surface area contributed by atoms with E-state index in [2.05, 4.69) is 16.4 Å². The quantitative estimate of drug-likeness (QED) is 0.837. The number of aromatic nitrogens is 1. The number of benzene rings is 1. The molecule has 1 aliphatic rings. The standard InChI is InChI=1S/C19H19FN4O3/c20-6-9-27-14-3-4-17-16(10-14)15(5-7-22-17)19(26)23-12-18(25)24-8-1-2-13(24)11-21/h3-5,7,10,13H,1-2,6,8-9,12H2,(H,23,26). The van der Waals surface area contributed by atoms with Crippen LogP contribution in [0.3, 0.4) is 0 Å². The number of carbonyl (C=O) groups excluding carboxylic acids is 2. The summed E-state index contributed by atoms with van der Waals surface area (Å²) in [6.45, 7) is -0.336. The predicted octanol–water partition coefficient (Wildman–Crippen LogP) is 1.83. The molecule has 2 amide bonds. The van der Waals surface area contributed by atoms with Crippen LogP contribution < -0.4 is 10.1 Å². The summed E-state index contributed by atoms with van der Waals surface area (Å²) >= 11 is 0. The van der Waals surface area contributed by atoms with Gasteiger partial charge in [0.1, 0.15) is 25.1 Å². The maximum absolute atomic E-state index is 12.6. The smallest absolute Gasteiger partial charge is 0.252 e. The molecule has 1 aromatic carbocycles. The number of pyridine rings is 1. The van der Waals surface area contributed by atoms with E-state index in [-0.39, 0.29) is 19.1 Å². The molecule has 0 radical (unpaired) electrons. The number of amides is 2. The second-order valence-corrected chi connectivity index (χ2v) is 6.13. The Morgan fingerprint density at radius 3 is 3.04 bits per heavy atom. The van der Waals surface area contributed by atoms with Crippen LogP contribution in [0.15, 0.2) is 30.5 Å². The first-order chi connectivity index (χ1) is 13.1. The van der Waals surface area contributed by atoms with E-state index < -0.39 is 18.6 Å². The number of hydrogen-bond acceptors (Lipinski definition) is 5. The van der Waals surface area contributed by atoms with Crippen molar-refractivity contribution in [3.63, 3.8) is 0 Å². The van der Waals surface area contributed by atoms with Gasteiger partial charge in [-0.15, -0.1) is 0 Å². The van der Waals surface area contributed by atoms with Crippen LogP contribution in [-0.4, -0.2) is 54.1 Å². The minimum Gasteiger partial charge on any atom is -0.491 e. The molecule has 3 rings (SSSR count). The molecule has 27 heavy (non-hydrogen) atoms. The van der Waals surface area contributed by atoms with Crippen LogP contribution in [0.4, 0.5) is 4.39 Å². The summed E-state index contributed by atoms with van der Waals surface area (Å²) in [6.07, 6.45) is 2.95. The lowest BCUT2D eigenvalue weighted by Gasteiger charge is -2.19. The number of nitrogens with zero attached hydrogens (tertiary/aromatic N) is 3. The minimum absolute atomic E-state index is 0.0717. The van der Waals surface area contributed by atoms with Crippen LogP contribution in [0, 0.1) is 11.3 Å². The van der Waals surface area contributed by atoms with Crippen molar-refractivity contribution in [3.05, 3.63) is 36.0 Å². The molecule has 0 aliphatic carbocycles. The zero-order chi connectivity index (χ0) is 19.2. The number of halogens is 1. The van der Waals surface area contributed by atoms with E-state index >= 15 is 0 Å². The van der Waals surface area contributed by atoms with Crippen LogP contribution in [0.5, 0.6) is 5.75 Å².